The van der Waals surface area contributed by atoms with Crippen molar-refractivity contribution in [2.75, 3.05) is 0 Å². The lowest BCUT2D eigenvalue weighted by molar-refractivity contribution is -0.384. The Morgan fingerprint density at radius 1 is 1.35 bits per heavy atom. The molecule has 1 aromatic heterocycles. The van der Waals surface area contributed by atoms with E-state index in [4.69, 9.17) is 11.6 Å². The average Bonchev–Trinajstić information content (AvgIpc) is 2.89. The molecule has 0 atom stereocenters. The summed E-state index contributed by atoms with van der Waals surface area (Å²) in [6.07, 6.45) is 0. The van der Waals surface area contributed by atoms with Crippen LogP contribution in [0.25, 0.3) is 0 Å². The summed E-state index contributed by atoms with van der Waals surface area (Å²) in [6, 6.07) is 7.92. The maximum atomic E-state index is 12.8. The molecule has 1 aromatic carbocycles. The van der Waals surface area contributed by atoms with Gasteiger partial charge in [0.1, 0.15) is 0 Å². The fraction of sp³-hybridized carbons (Fsp3) is 0.312. The van der Waals surface area contributed by atoms with Crippen molar-refractivity contribution in [3.8, 4) is 0 Å². The zero-order chi connectivity index (χ0) is 17.1. The lowest BCUT2D eigenvalue weighted by atomic mass is 10.1. The van der Waals surface area contributed by atoms with Crippen molar-refractivity contribution in [3.63, 3.8) is 0 Å². The minimum Gasteiger partial charge on any atom is -0.331 e. The molecular weight excluding hydrogens is 336 g/mol. The number of aryl methyl sites for hydroxylation is 1. The standard InChI is InChI=1S/C16H17ClN2O3S/c1-10(2)18(9-13-6-4-11(3)23-13)16(20)14-7-5-12(19(21)22)8-15(14)17/h4-8,10H,9H2,1-3H3. The molecule has 5 nitrogen and oxygen atoms in total. The molecule has 0 N–H and O–H groups in total. The third kappa shape index (κ3) is 4.09. The van der Waals surface area contributed by atoms with Crippen LogP contribution in [0.2, 0.25) is 5.02 Å². The molecule has 0 fully saturated rings. The first-order valence-electron chi connectivity index (χ1n) is 7.10. The first-order chi connectivity index (χ1) is 10.8. The van der Waals surface area contributed by atoms with Crippen LogP contribution >= 0.6 is 22.9 Å². The van der Waals surface area contributed by atoms with E-state index in [0.717, 1.165) is 4.88 Å². The topological polar surface area (TPSA) is 63.5 Å². The van der Waals surface area contributed by atoms with Crippen LogP contribution in [0.4, 0.5) is 5.69 Å². The van der Waals surface area contributed by atoms with Gasteiger partial charge in [-0.25, -0.2) is 0 Å². The summed E-state index contributed by atoms with van der Waals surface area (Å²) < 4.78 is 0. The Morgan fingerprint density at radius 2 is 2.04 bits per heavy atom. The first kappa shape index (κ1) is 17.4. The smallest absolute Gasteiger partial charge is 0.270 e. The molecule has 0 aliphatic heterocycles. The molecule has 0 radical (unpaired) electrons. The van der Waals surface area contributed by atoms with Crippen LogP contribution in [-0.4, -0.2) is 21.8 Å². The number of nitro groups is 1. The molecule has 7 heteroatoms. The number of hydrogen-bond acceptors (Lipinski definition) is 4. The van der Waals surface area contributed by atoms with Crippen molar-refractivity contribution in [3.05, 3.63) is 60.8 Å². The third-order valence-corrected chi connectivity index (χ3v) is 4.70. The summed E-state index contributed by atoms with van der Waals surface area (Å²) in [5, 5.41) is 10.9. The summed E-state index contributed by atoms with van der Waals surface area (Å²) in [5.74, 6) is -0.231. The molecule has 0 bridgehead atoms. The van der Waals surface area contributed by atoms with E-state index in [1.807, 2.05) is 32.9 Å². The highest BCUT2D eigenvalue weighted by Gasteiger charge is 2.23. The largest absolute Gasteiger partial charge is 0.331 e. The van der Waals surface area contributed by atoms with Gasteiger partial charge in [-0.2, -0.15) is 0 Å². The molecule has 23 heavy (non-hydrogen) atoms. The summed E-state index contributed by atoms with van der Waals surface area (Å²) in [6.45, 7) is 6.36. The molecule has 2 rings (SSSR count). The number of nitrogens with zero attached hydrogens (tertiary/aromatic N) is 2. The number of benzene rings is 1. The Bertz CT molecular complexity index is 743. The van der Waals surface area contributed by atoms with Crippen LogP contribution in [0.15, 0.2) is 30.3 Å². The molecule has 1 heterocycles. The maximum absolute atomic E-state index is 12.8. The SMILES string of the molecule is Cc1ccc(CN(C(=O)c2ccc([N+](=O)[O-])cc2Cl)C(C)C)s1. The van der Waals surface area contributed by atoms with E-state index in [2.05, 4.69) is 0 Å². The summed E-state index contributed by atoms with van der Waals surface area (Å²) >= 11 is 7.72. The van der Waals surface area contributed by atoms with Crippen molar-refractivity contribution in [2.45, 2.75) is 33.4 Å². The van der Waals surface area contributed by atoms with Crippen molar-refractivity contribution in [2.24, 2.45) is 0 Å². The summed E-state index contributed by atoms with van der Waals surface area (Å²) in [5.41, 5.74) is 0.149. The number of non-ortho nitro benzene ring substituents is 1. The highest BCUT2D eigenvalue weighted by Crippen LogP contribution is 2.26. The lowest BCUT2D eigenvalue weighted by Crippen LogP contribution is -2.36. The van der Waals surface area contributed by atoms with Crippen LogP contribution in [0, 0.1) is 17.0 Å². The Hall–Kier alpha value is -1.92. The zero-order valence-corrected chi connectivity index (χ0v) is 14.6. The van der Waals surface area contributed by atoms with Crippen LogP contribution < -0.4 is 0 Å². The van der Waals surface area contributed by atoms with Gasteiger partial charge < -0.3 is 4.90 Å². The van der Waals surface area contributed by atoms with E-state index in [0.29, 0.717) is 6.54 Å². The number of nitro benzene ring substituents is 1. The quantitative estimate of drug-likeness (QED) is 0.580. The number of amides is 1. The Kier molecular flexibility index (Phi) is 5.38. The van der Waals surface area contributed by atoms with Gasteiger partial charge in [-0.05, 0) is 39.0 Å². The normalized spacial score (nSPS) is 10.8. The average molecular weight is 353 g/mol. The summed E-state index contributed by atoms with van der Waals surface area (Å²) in [7, 11) is 0. The van der Waals surface area contributed by atoms with Gasteiger partial charge in [0.2, 0.25) is 0 Å². The molecule has 0 aliphatic rings. The van der Waals surface area contributed by atoms with Gasteiger partial charge in [0.25, 0.3) is 11.6 Å². The zero-order valence-electron chi connectivity index (χ0n) is 13.1. The highest BCUT2D eigenvalue weighted by atomic mass is 35.5. The van der Waals surface area contributed by atoms with E-state index in [-0.39, 0.29) is 28.2 Å². The van der Waals surface area contributed by atoms with Crippen molar-refractivity contribution < 1.29 is 9.72 Å². The maximum Gasteiger partial charge on any atom is 0.270 e. The third-order valence-electron chi connectivity index (χ3n) is 3.40. The second kappa shape index (κ2) is 7.10. The monoisotopic (exact) mass is 352 g/mol. The first-order valence-corrected chi connectivity index (χ1v) is 8.29. The molecule has 2 aromatic rings. The van der Waals surface area contributed by atoms with Gasteiger partial charge in [-0.15, -0.1) is 11.3 Å². The molecule has 0 spiro atoms. The predicted octanol–water partition coefficient (Wildman–Crippen LogP) is 4.67. The van der Waals surface area contributed by atoms with Gasteiger partial charge in [-0.3, -0.25) is 14.9 Å². The van der Waals surface area contributed by atoms with Crippen LogP contribution in [0.3, 0.4) is 0 Å². The molecule has 0 aliphatic carbocycles. The predicted molar refractivity (Wildman–Crippen MR) is 92.2 cm³/mol. The van der Waals surface area contributed by atoms with Gasteiger partial charge >= 0.3 is 0 Å². The minimum atomic E-state index is -0.533. The number of thiophene rings is 1. The second-order valence-corrected chi connectivity index (χ2v) is 7.24. The van der Waals surface area contributed by atoms with Gasteiger partial charge in [0.15, 0.2) is 0 Å². The second-order valence-electron chi connectivity index (χ2n) is 5.46. The molecular formula is C16H17ClN2O3S. The van der Waals surface area contributed by atoms with E-state index >= 15 is 0 Å². The fourth-order valence-electron chi connectivity index (χ4n) is 2.17. The lowest BCUT2D eigenvalue weighted by Gasteiger charge is -2.26. The Morgan fingerprint density at radius 3 is 2.52 bits per heavy atom. The molecule has 0 saturated carbocycles. The molecule has 122 valence electrons. The van der Waals surface area contributed by atoms with Crippen LogP contribution in [0.1, 0.15) is 34.0 Å². The number of rotatable bonds is 5. The fourth-order valence-corrected chi connectivity index (χ4v) is 3.32. The van der Waals surface area contributed by atoms with E-state index < -0.39 is 4.92 Å². The number of carbonyl (C=O) groups excluding carboxylic acids is 1. The highest BCUT2D eigenvalue weighted by molar-refractivity contribution is 7.11. The Balaban J connectivity index is 2.29. The van der Waals surface area contributed by atoms with Crippen LogP contribution in [0.5, 0.6) is 0 Å². The molecule has 0 saturated heterocycles. The molecule has 0 unspecified atom stereocenters. The van der Waals surface area contributed by atoms with Crippen molar-refractivity contribution in [1.82, 2.24) is 4.90 Å². The number of carbonyl (C=O) groups is 1. The van der Waals surface area contributed by atoms with Gasteiger partial charge in [-0.1, -0.05) is 11.6 Å². The van der Waals surface area contributed by atoms with E-state index in [9.17, 15) is 14.9 Å². The number of hydrogen-bond donors (Lipinski definition) is 0. The van der Waals surface area contributed by atoms with Gasteiger partial charge in [0, 0.05) is 27.9 Å². The van der Waals surface area contributed by atoms with Crippen molar-refractivity contribution >= 4 is 34.5 Å². The van der Waals surface area contributed by atoms with E-state index in [1.165, 1.54) is 23.1 Å². The van der Waals surface area contributed by atoms with Crippen molar-refractivity contribution in [1.29, 1.82) is 0 Å². The Labute approximate surface area is 143 Å². The van der Waals surface area contributed by atoms with E-state index in [1.54, 1.807) is 16.2 Å². The number of halogens is 1. The van der Waals surface area contributed by atoms with Gasteiger partial charge in [0.05, 0.1) is 22.1 Å². The minimum absolute atomic E-state index is 0.0174. The van der Waals surface area contributed by atoms with Crippen LogP contribution in [-0.2, 0) is 6.54 Å². The summed E-state index contributed by atoms with van der Waals surface area (Å²) in [4.78, 5) is 27.0. The molecule has 1 amide bonds.